The summed E-state index contributed by atoms with van der Waals surface area (Å²) in [7, 11) is 0. The van der Waals surface area contributed by atoms with E-state index < -0.39 is 0 Å². The van der Waals surface area contributed by atoms with Crippen molar-refractivity contribution in [2.24, 2.45) is 0 Å². The number of benzene rings is 1. The molecule has 0 aliphatic carbocycles. The molecular formula is C13H13FN2O. The fraction of sp³-hybridized carbons (Fsp3) is 0.154. The summed E-state index contributed by atoms with van der Waals surface area (Å²) in [6.07, 6.45) is 1.38. The second-order valence-electron chi connectivity index (χ2n) is 3.77. The molecule has 0 spiro atoms. The van der Waals surface area contributed by atoms with Crippen LogP contribution in [0.3, 0.4) is 0 Å². The highest BCUT2D eigenvalue weighted by Crippen LogP contribution is 2.18. The monoisotopic (exact) mass is 232 g/mol. The average Bonchev–Trinajstić information content (AvgIpc) is 2.33. The van der Waals surface area contributed by atoms with Crippen LogP contribution >= 0.6 is 0 Å². The zero-order chi connectivity index (χ0) is 12.3. The molecule has 0 aliphatic heterocycles. The Morgan fingerprint density at radius 2 is 2.12 bits per heavy atom. The highest BCUT2D eigenvalue weighted by molar-refractivity contribution is 5.51. The maximum Gasteiger partial charge on any atom is 0.133 e. The summed E-state index contributed by atoms with van der Waals surface area (Å²) in [4.78, 5) is 4.04. The van der Waals surface area contributed by atoms with Crippen LogP contribution in [0, 0.1) is 12.7 Å². The largest absolute Gasteiger partial charge is 0.506 e. The summed E-state index contributed by atoms with van der Waals surface area (Å²) in [6, 6.07) is 8.20. The van der Waals surface area contributed by atoms with Gasteiger partial charge in [-0.1, -0.05) is 6.07 Å². The van der Waals surface area contributed by atoms with Crippen molar-refractivity contribution in [3.05, 3.63) is 53.6 Å². The van der Waals surface area contributed by atoms with Gasteiger partial charge in [0, 0.05) is 11.3 Å². The molecule has 0 saturated carbocycles. The lowest BCUT2D eigenvalue weighted by Crippen LogP contribution is -2.03. The van der Waals surface area contributed by atoms with Gasteiger partial charge in [0.15, 0.2) is 0 Å². The van der Waals surface area contributed by atoms with Crippen LogP contribution in [0.15, 0.2) is 36.5 Å². The summed E-state index contributed by atoms with van der Waals surface area (Å²) in [6.45, 7) is 2.21. The standard InChI is InChI=1S/C13H13FN2O/c1-9-12(14)3-2-4-13(9)16-7-10-5-6-11(17)8-15-10/h2-6,8,16-17H,7H2,1H3. The molecule has 1 aromatic heterocycles. The molecule has 17 heavy (non-hydrogen) atoms. The molecule has 1 aromatic carbocycles. The minimum atomic E-state index is -0.228. The number of aromatic hydroxyl groups is 1. The van der Waals surface area contributed by atoms with E-state index in [0.29, 0.717) is 12.1 Å². The summed E-state index contributed by atoms with van der Waals surface area (Å²) in [5, 5.41) is 12.2. The van der Waals surface area contributed by atoms with Crippen molar-refractivity contribution in [2.45, 2.75) is 13.5 Å². The number of anilines is 1. The lowest BCUT2D eigenvalue weighted by Gasteiger charge is -2.09. The Morgan fingerprint density at radius 1 is 1.29 bits per heavy atom. The van der Waals surface area contributed by atoms with E-state index in [9.17, 15) is 4.39 Å². The molecule has 0 radical (unpaired) electrons. The van der Waals surface area contributed by atoms with Crippen LogP contribution in [-0.2, 0) is 6.54 Å². The molecule has 2 rings (SSSR count). The summed E-state index contributed by atoms with van der Waals surface area (Å²) in [5.41, 5.74) is 2.12. The third kappa shape index (κ3) is 2.72. The van der Waals surface area contributed by atoms with Gasteiger partial charge in [0.25, 0.3) is 0 Å². The van der Waals surface area contributed by atoms with Crippen LogP contribution in [-0.4, -0.2) is 10.1 Å². The van der Waals surface area contributed by atoms with Crippen molar-refractivity contribution in [2.75, 3.05) is 5.32 Å². The smallest absolute Gasteiger partial charge is 0.133 e. The third-order valence-corrected chi connectivity index (χ3v) is 2.54. The number of halogens is 1. The molecule has 0 bridgehead atoms. The zero-order valence-electron chi connectivity index (χ0n) is 9.44. The molecule has 2 aromatic rings. The fourth-order valence-electron chi connectivity index (χ4n) is 1.51. The second kappa shape index (κ2) is 4.82. The number of hydrogen-bond donors (Lipinski definition) is 2. The van der Waals surface area contributed by atoms with Gasteiger partial charge in [0.2, 0.25) is 0 Å². The number of pyridine rings is 1. The van der Waals surface area contributed by atoms with E-state index in [1.807, 2.05) is 6.07 Å². The van der Waals surface area contributed by atoms with Crippen molar-refractivity contribution in [1.82, 2.24) is 4.98 Å². The van der Waals surface area contributed by atoms with Crippen LogP contribution in [0.1, 0.15) is 11.3 Å². The van der Waals surface area contributed by atoms with Gasteiger partial charge in [-0.2, -0.15) is 0 Å². The van der Waals surface area contributed by atoms with E-state index in [1.54, 1.807) is 25.1 Å². The first-order valence-electron chi connectivity index (χ1n) is 5.29. The Hall–Kier alpha value is -2.10. The first-order chi connectivity index (χ1) is 8.16. The third-order valence-electron chi connectivity index (χ3n) is 2.54. The molecule has 0 saturated heterocycles. The highest BCUT2D eigenvalue weighted by atomic mass is 19.1. The van der Waals surface area contributed by atoms with Crippen molar-refractivity contribution < 1.29 is 9.50 Å². The number of nitrogens with one attached hydrogen (secondary N) is 1. The normalized spacial score (nSPS) is 10.2. The van der Waals surface area contributed by atoms with E-state index in [0.717, 1.165) is 11.4 Å². The van der Waals surface area contributed by atoms with Gasteiger partial charge in [-0.15, -0.1) is 0 Å². The lowest BCUT2D eigenvalue weighted by molar-refractivity contribution is 0.472. The molecular weight excluding hydrogens is 219 g/mol. The number of aromatic nitrogens is 1. The highest BCUT2D eigenvalue weighted by Gasteiger charge is 2.03. The zero-order valence-corrected chi connectivity index (χ0v) is 9.44. The van der Waals surface area contributed by atoms with Gasteiger partial charge in [-0.3, -0.25) is 4.98 Å². The topological polar surface area (TPSA) is 45.1 Å². The van der Waals surface area contributed by atoms with E-state index >= 15 is 0 Å². The SMILES string of the molecule is Cc1c(F)cccc1NCc1ccc(O)cn1. The predicted molar refractivity (Wildman–Crippen MR) is 64.4 cm³/mol. The van der Waals surface area contributed by atoms with Gasteiger partial charge in [0.05, 0.1) is 18.4 Å². The van der Waals surface area contributed by atoms with Crippen LogP contribution < -0.4 is 5.32 Å². The molecule has 3 nitrogen and oxygen atoms in total. The Kier molecular flexibility index (Phi) is 3.23. The molecule has 0 atom stereocenters. The molecule has 0 fully saturated rings. The molecule has 1 heterocycles. The minimum absolute atomic E-state index is 0.135. The summed E-state index contributed by atoms with van der Waals surface area (Å²) in [5.74, 6) is -0.0932. The Morgan fingerprint density at radius 3 is 2.82 bits per heavy atom. The first-order valence-corrected chi connectivity index (χ1v) is 5.29. The molecule has 0 amide bonds. The van der Waals surface area contributed by atoms with E-state index in [2.05, 4.69) is 10.3 Å². The lowest BCUT2D eigenvalue weighted by atomic mass is 10.2. The van der Waals surface area contributed by atoms with Crippen LogP contribution in [0.4, 0.5) is 10.1 Å². The Bertz CT molecular complexity index is 511. The second-order valence-corrected chi connectivity index (χ2v) is 3.77. The first kappa shape index (κ1) is 11.4. The van der Waals surface area contributed by atoms with E-state index in [4.69, 9.17) is 5.11 Å². The van der Waals surface area contributed by atoms with Gasteiger partial charge in [-0.25, -0.2) is 4.39 Å². The minimum Gasteiger partial charge on any atom is -0.506 e. The molecule has 0 aliphatic rings. The van der Waals surface area contributed by atoms with Crippen LogP contribution in [0.2, 0.25) is 0 Å². The molecule has 0 unspecified atom stereocenters. The average molecular weight is 232 g/mol. The van der Waals surface area contributed by atoms with Crippen molar-refractivity contribution in [3.8, 4) is 5.75 Å². The molecule has 2 N–H and O–H groups in total. The predicted octanol–water partition coefficient (Wildman–Crippen LogP) is 2.85. The van der Waals surface area contributed by atoms with Gasteiger partial charge >= 0.3 is 0 Å². The summed E-state index contributed by atoms with van der Waals surface area (Å²) >= 11 is 0. The maximum absolute atomic E-state index is 13.3. The molecule has 4 heteroatoms. The van der Waals surface area contributed by atoms with Crippen molar-refractivity contribution >= 4 is 5.69 Å². The van der Waals surface area contributed by atoms with Crippen LogP contribution in [0.5, 0.6) is 5.75 Å². The van der Waals surface area contributed by atoms with E-state index in [-0.39, 0.29) is 11.6 Å². The maximum atomic E-state index is 13.3. The van der Waals surface area contributed by atoms with Gasteiger partial charge in [-0.05, 0) is 31.2 Å². The summed E-state index contributed by atoms with van der Waals surface area (Å²) < 4.78 is 13.3. The Balaban J connectivity index is 2.07. The van der Waals surface area contributed by atoms with Crippen molar-refractivity contribution in [3.63, 3.8) is 0 Å². The van der Waals surface area contributed by atoms with Gasteiger partial charge < -0.3 is 10.4 Å². The van der Waals surface area contributed by atoms with E-state index in [1.165, 1.54) is 12.3 Å². The van der Waals surface area contributed by atoms with Gasteiger partial charge in [0.1, 0.15) is 11.6 Å². The molecule has 88 valence electrons. The van der Waals surface area contributed by atoms with Crippen LogP contribution in [0.25, 0.3) is 0 Å². The van der Waals surface area contributed by atoms with Crippen molar-refractivity contribution in [1.29, 1.82) is 0 Å². The number of nitrogens with zero attached hydrogens (tertiary/aromatic N) is 1. The fourth-order valence-corrected chi connectivity index (χ4v) is 1.51. The Labute approximate surface area is 98.9 Å². The quantitative estimate of drug-likeness (QED) is 0.855. The number of rotatable bonds is 3. The number of hydrogen-bond acceptors (Lipinski definition) is 3.